The monoisotopic (exact) mass is 786 g/mol. The SMILES string of the molecule is CC=C(C)C(=O)O[C@H]1CC2C(O)C3C(=O)CC(CO)OC3C3C2O[C@@]1(C)[C@@H](CC1CCC(N)[NH2+]C1)CC#C[C@](CO)(C1CCCC(O)C1)[C@@H]3C1CCNC(N)C1. The number of fused-ring (bicyclic) bond motifs is 3. The number of aliphatic hydroxyl groups excluding tert-OH is 4. The van der Waals surface area contributed by atoms with Crippen molar-refractivity contribution in [1.82, 2.24) is 5.32 Å². The van der Waals surface area contributed by atoms with Crippen LogP contribution in [0, 0.1) is 64.6 Å². The van der Waals surface area contributed by atoms with E-state index in [0.29, 0.717) is 43.7 Å². The molecular formula is C43H69N4O9+. The second-order valence-corrected chi connectivity index (χ2v) is 18.8. The lowest BCUT2D eigenvalue weighted by molar-refractivity contribution is -0.703. The van der Waals surface area contributed by atoms with Crippen LogP contribution in [0.5, 0.6) is 0 Å². The predicted molar refractivity (Wildman–Crippen MR) is 207 cm³/mol. The number of ketones is 1. The minimum Gasteiger partial charge on any atom is -0.456 e. The van der Waals surface area contributed by atoms with Gasteiger partial charge in [-0.3, -0.25) is 10.5 Å². The zero-order chi connectivity index (χ0) is 39.9. The summed E-state index contributed by atoms with van der Waals surface area (Å²) in [5.74, 6) is 4.27. The van der Waals surface area contributed by atoms with Crippen molar-refractivity contribution in [3.63, 3.8) is 0 Å². The molecule has 7 rings (SSSR count). The Morgan fingerprint density at radius 2 is 1.91 bits per heavy atom. The molecule has 2 aliphatic carbocycles. The summed E-state index contributed by atoms with van der Waals surface area (Å²) in [5, 5.41) is 51.7. The Morgan fingerprint density at radius 1 is 1.11 bits per heavy atom. The third-order valence-corrected chi connectivity index (χ3v) is 15.6. The second-order valence-electron chi connectivity index (χ2n) is 18.8. The number of esters is 1. The molecule has 0 spiro atoms. The minimum absolute atomic E-state index is 0.0247. The van der Waals surface area contributed by atoms with Gasteiger partial charge < -0.3 is 51.0 Å². The van der Waals surface area contributed by atoms with E-state index in [1.807, 2.05) is 6.92 Å². The first-order chi connectivity index (χ1) is 26.8. The molecule has 314 valence electrons. The molecule has 0 aromatic heterocycles. The van der Waals surface area contributed by atoms with Gasteiger partial charge in [0.1, 0.15) is 23.7 Å². The highest BCUT2D eigenvalue weighted by molar-refractivity contribution is 5.87. The third kappa shape index (κ3) is 7.89. The molecule has 4 saturated heterocycles. The van der Waals surface area contributed by atoms with E-state index in [-0.39, 0.29) is 61.9 Å². The number of rotatable bonds is 8. The Morgan fingerprint density at radius 3 is 2.59 bits per heavy atom. The van der Waals surface area contributed by atoms with Gasteiger partial charge in [0, 0.05) is 48.5 Å². The van der Waals surface area contributed by atoms with Gasteiger partial charge in [-0.25, -0.2) is 4.79 Å². The van der Waals surface area contributed by atoms with Gasteiger partial charge in [0.25, 0.3) is 0 Å². The standard InChI is InChI=1S/C43H68N4O9/c1-4-23(2)41(53)55-32-19-30-38(52)35-31(51)18-29(21-48)54-40(35)36-37(25-12-14-46-34(45)16-25)43(22-49,27-7-5-9-28(50)17-27)13-6-8-26(42(32,3)56-39(30)36)15-24-10-11-33(44)47-20-24/h4,24-30,32-40,46-50,52H,5,7-12,14-22,44-45H2,1-3H3/p+1/t24?,25?,26-,27?,28?,29?,30?,32+,33?,34?,35?,36?,37-,38?,39?,40?,42+,43+/m1/s1. The fraction of sp³-hybridized carbons (Fsp3) is 0.860. The fourth-order valence-electron chi connectivity index (χ4n) is 12.5. The van der Waals surface area contributed by atoms with Gasteiger partial charge in [-0.2, -0.15) is 0 Å². The first kappa shape index (κ1) is 42.2. The topological polar surface area (TPSA) is 223 Å². The number of carbonyl (C=O) groups is 2. The van der Waals surface area contributed by atoms with E-state index in [4.69, 9.17) is 25.7 Å². The number of hydrogen-bond acceptors (Lipinski definition) is 12. The van der Waals surface area contributed by atoms with Crippen molar-refractivity contribution >= 4 is 11.8 Å². The molecule has 13 heteroatoms. The van der Waals surface area contributed by atoms with Crippen LogP contribution < -0.4 is 22.1 Å². The molecule has 18 atom stereocenters. The van der Waals surface area contributed by atoms with Crippen molar-refractivity contribution in [3.8, 4) is 11.8 Å². The molecule has 56 heavy (non-hydrogen) atoms. The molecule has 2 saturated carbocycles. The molecule has 11 N–H and O–H groups in total. The molecule has 0 amide bonds. The Kier molecular flexibility index (Phi) is 13.1. The number of nitrogens with two attached hydrogens (primary N) is 3. The molecule has 6 fully saturated rings. The first-order valence-electron chi connectivity index (χ1n) is 21.7. The van der Waals surface area contributed by atoms with Crippen LogP contribution in [0.2, 0.25) is 0 Å². The molecule has 0 aromatic rings. The lowest BCUT2D eigenvalue weighted by atomic mass is 9.48. The molecule has 2 bridgehead atoms. The van der Waals surface area contributed by atoms with Gasteiger partial charge in [0.05, 0.1) is 67.8 Å². The molecule has 13 unspecified atom stereocenters. The van der Waals surface area contributed by atoms with Crippen LogP contribution in [0.15, 0.2) is 11.6 Å². The summed E-state index contributed by atoms with van der Waals surface area (Å²) in [6.45, 7) is 6.48. The van der Waals surface area contributed by atoms with Crippen LogP contribution in [-0.4, -0.2) is 113 Å². The van der Waals surface area contributed by atoms with E-state index in [2.05, 4.69) is 22.5 Å². The summed E-state index contributed by atoms with van der Waals surface area (Å²) >= 11 is 0. The Hall–Kier alpha value is -1.96. The normalized spacial score (nSPS) is 48.5. The van der Waals surface area contributed by atoms with E-state index < -0.39 is 77.3 Å². The first-order valence-corrected chi connectivity index (χ1v) is 21.7. The smallest absolute Gasteiger partial charge is 0.333 e. The predicted octanol–water partition coefficient (Wildman–Crippen LogP) is 0.456. The molecular weight excluding hydrogens is 716 g/mol. The number of hydrogen-bond donors (Lipinski definition) is 8. The number of nitrogens with one attached hydrogen (secondary N) is 1. The molecule has 5 aliphatic heterocycles. The van der Waals surface area contributed by atoms with Crippen molar-refractivity contribution in [2.24, 2.45) is 64.2 Å². The van der Waals surface area contributed by atoms with E-state index in [9.17, 15) is 30.0 Å². The maximum Gasteiger partial charge on any atom is 0.333 e. The second kappa shape index (κ2) is 17.3. The van der Waals surface area contributed by atoms with Gasteiger partial charge in [-0.1, -0.05) is 18.4 Å². The largest absolute Gasteiger partial charge is 0.456 e. The van der Waals surface area contributed by atoms with Crippen molar-refractivity contribution in [2.75, 3.05) is 26.3 Å². The van der Waals surface area contributed by atoms with Gasteiger partial charge >= 0.3 is 5.97 Å². The van der Waals surface area contributed by atoms with Gasteiger partial charge in [0.2, 0.25) is 0 Å². The minimum atomic E-state index is -1.15. The van der Waals surface area contributed by atoms with E-state index in [1.54, 1.807) is 19.9 Å². The molecule has 5 heterocycles. The van der Waals surface area contributed by atoms with E-state index >= 15 is 0 Å². The van der Waals surface area contributed by atoms with Crippen LogP contribution >= 0.6 is 0 Å². The molecule has 0 radical (unpaired) electrons. The fourth-order valence-corrected chi connectivity index (χ4v) is 12.5. The van der Waals surface area contributed by atoms with Crippen molar-refractivity contribution in [3.05, 3.63) is 11.6 Å². The van der Waals surface area contributed by atoms with Gasteiger partial charge in [-0.05, 0) is 96.4 Å². The maximum atomic E-state index is 14.3. The molecule has 13 nitrogen and oxygen atoms in total. The summed E-state index contributed by atoms with van der Waals surface area (Å²) in [4.78, 5) is 27.9. The van der Waals surface area contributed by atoms with E-state index in [0.717, 1.165) is 45.1 Å². The number of Topliss-reactive ketones (excluding diaryl/α,β-unsaturated/α-hetero) is 1. The maximum absolute atomic E-state index is 14.3. The van der Waals surface area contributed by atoms with Gasteiger partial charge in [0.15, 0.2) is 0 Å². The van der Waals surface area contributed by atoms with Crippen LogP contribution in [0.3, 0.4) is 0 Å². The number of piperidine rings is 2. The summed E-state index contributed by atoms with van der Waals surface area (Å²) < 4.78 is 20.9. The summed E-state index contributed by atoms with van der Waals surface area (Å²) in [6, 6.07) is 0. The quantitative estimate of drug-likeness (QED) is 0.0956. The number of quaternary nitrogens is 1. The zero-order valence-corrected chi connectivity index (χ0v) is 33.7. The number of allylic oxidation sites excluding steroid dienone is 1. The molecule has 7 aliphatic rings. The zero-order valence-electron chi connectivity index (χ0n) is 33.7. The highest BCUT2D eigenvalue weighted by Gasteiger charge is 2.67. The van der Waals surface area contributed by atoms with Crippen LogP contribution in [-0.2, 0) is 23.8 Å². The number of carbonyl (C=O) groups excluding carboxylic acids is 2. The third-order valence-electron chi connectivity index (χ3n) is 15.6. The average molecular weight is 786 g/mol. The van der Waals surface area contributed by atoms with Crippen LogP contribution in [0.4, 0.5) is 0 Å². The highest BCUT2D eigenvalue weighted by atomic mass is 16.6. The Labute approximate surface area is 332 Å². The number of ether oxygens (including phenoxy) is 3. The highest BCUT2D eigenvalue weighted by Crippen LogP contribution is 2.60. The summed E-state index contributed by atoms with van der Waals surface area (Å²) in [5.41, 5.74) is 11.4. The van der Waals surface area contributed by atoms with E-state index in [1.165, 1.54) is 0 Å². The van der Waals surface area contributed by atoms with Crippen LogP contribution in [0.25, 0.3) is 0 Å². The Bertz CT molecular complexity index is 1510. The number of aliphatic hydroxyl groups is 4. The van der Waals surface area contributed by atoms with Crippen molar-refractivity contribution < 1.29 is 49.5 Å². The lowest BCUT2D eigenvalue weighted by Gasteiger charge is -2.63. The summed E-state index contributed by atoms with van der Waals surface area (Å²) in [6.07, 6.45) is 4.18. The van der Waals surface area contributed by atoms with Crippen LogP contribution in [0.1, 0.15) is 97.8 Å². The molecule has 0 aromatic carbocycles. The average Bonchev–Trinajstić information content (AvgIpc) is 3.18. The summed E-state index contributed by atoms with van der Waals surface area (Å²) in [7, 11) is 0. The Balaban J connectivity index is 1.45. The van der Waals surface area contributed by atoms with Crippen molar-refractivity contribution in [2.45, 2.75) is 152 Å². The lowest BCUT2D eigenvalue weighted by Crippen LogP contribution is -2.95. The van der Waals surface area contributed by atoms with Gasteiger partial charge in [-0.15, -0.1) is 5.92 Å². The van der Waals surface area contributed by atoms with Crippen molar-refractivity contribution in [1.29, 1.82) is 0 Å².